The largest absolute Gasteiger partial charge is 0.285 e. The van der Waals surface area contributed by atoms with Crippen molar-refractivity contribution < 1.29 is 0 Å². The number of nitrogens with zero attached hydrogens (tertiary/aromatic N) is 3. The van der Waals surface area contributed by atoms with Crippen LogP contribution < -0.4 is 0 Å². The summed E-state index contributed by atoms with van der Waals surface area (Å²) in [7, 11) is 3.71. The molecule has 0 aromatic heterocycles. The first-order valence-electron chi connectivity index (χ1n) is 7.02. The van der Waals surface area contributed by atoms with Crippen LogP contribution in [0.1, 0.15) is 17.5 Å². The quantitative estimate of drug-likeness (QED) is 0.586. The molecule has 3 nitrogen and oxygen atoms in total. The molecule has 0 N–H and O–H groups in total. The molecule has 0 atom stereocenters. The summed E-state index contributed by atoms with van der Waals surface area (Å²) >= 11 is 0. The lowest BCUT2D eigenvalue weighted by molar-refractivity contribution is 0.406. The third-order valence-electron chi connectivity index (χ3n) is 3.41. The lowest BCUT2D eigenvalue weighted by Crippen LogP contribution is -2.02. The van der Waals surface area contributed by atoms with Crippen molar-refractivity contribution in [1.82, 2.24) is 5.01 Å². The maximum atomic E-state index is 4.37. The van der Waals surface area contributed by atoms with E-state index in [0.717, 1.165) is 29.7 Å². The second-order valence-corrected chi connectivity index (χ2v) is 5.11. The maximum Gasteiger partial charge on any atom is 0.0955 e. The molecule has 0 fully saturated rings. The molecule has 0 bridgehead atoms. The van der Waals surface area contributed by atoms with E-state index in [2.05, 4.69) is 47.8 Å². The minimum Gasteiger partial charge on any atom is -0.285 e. The second-order valence-electron chi connectivity index (χ2n) is 5.11. The van der Waals surface area contributed by atoms with E-state index in [1.54, 1.807) is 5.01 Å². The van der Waals surface area contributed by atoms with Gasteiger partial charge in [0.15, 0.2) is 0 Å². The topological polar surface area (TPSA) is 28.0 Å². The number of aryl methyl sites for hydroxylation is 1. The molecule has 2 rings (SSSR count). The van der Waals surface area contributed by atoms with Gasteiger partial charge in [-0.1, -0.05) is 54.8 Å². The van der Waals surface area contributed by atoms with Crippen LogP contribution >= 0.6 is 0 Å². The van der Waals surface area contributed by atoms with Crippen molar-refractivity contribution in [2.24, 2.45) is 10.3 Å². The Balaban J connectivity index is 2.60. The average molecular weight is 279 g/mol. The molecular formula is C18H21N3. The minimum absolute atomic E-state index is 0.820. The molecule has 0 unspecified atom stereocenters. The van der Waals surface area contributed by atoms with Crippen LogP contribution in [0.5, 0.6) is 0 Å². The Bertz CT molecular complexity index is 634. The van der Waals surface area contributed by atoms with Crippen LogP contribution in [0.25, 0.3) is 6.08 Å². The van der Waals surface area contributed by atoms with Crippen LogP contribution in [0.15, 0.2) is 76.8 Å². The molecule has 0 amide bonds. The fourth-order valence-corrected chi connectivity index (χ4v) is 2.36. The standard InChI is InChI=1S/C18H21N3/c1-5-14-11-12-15-9-7-8-10-16(15)13-18(17(14)6-2)19-20-21(3)4/h5-10,13H,1-2,11-12H2,3-4H3/b17-14-,18-13+,20-19?. The zero-order valence-electron chi connectivity index (χ0n) is 12.7. The van der Waals surface area contributed by atoms with Crippen LogP contribution in [0.4, 0.5) is 0 Å². The van der Waals surface area contributed by atoms with Gasteiger partial charge in [0.2, 0.25) is 0 Å². The zero-order valence-corrected chi connectivity index (χ0v) is 12.7. The molecule has 0 saturated heterocycles. The zero-order chi connectivity index (χ0) is 15.2. The highest BCUT2D eigenvalue weighted by atomic mass is 15.5. The van der Waals surface area contributed by atoms with Crippen molar-refractivity contribution >= 4 is 6.08 Å². The van der Waals surface area contributed by atoms with Crippen LogP contribution in [0.3, 0.4) is 0 Å². The Hall–Kier alpha value is -2.42. The summed E-state index contributed by atoms with van der Waals surface area (Å²) in [4.78, 5) is 0. The third kappa shape index (κ3) is 3.57. The SMILES string of the molecule is C=C/C1=C(C=C)/C(N=NN(C)C)=C\c2ccccc2CC1. The van der Waals surface area contributed by atoms with E-state index in [1.165, 1.54) is 11.1 Å². The van der Waals surface area contributed by atoms with Crippen LogP contribution in [0, 0.1) is 0 Å². The predicted octanol–water partition coefficient (Wildman–Crippen LogP) is 4.57. The summed E-state index contributed by atoms with van der Waals surface area (Å²) in [5, 5.41) is 10.2. The lowest BCUT2D eigenvalue weighted by Gasteiger charge is -2.15. The molecule has 1 aliphatic carbocycles. The number of allylic oxidation sites excluding steroid dienone is 3. The molecule has 0 heterocycles. The first kappa shape index (κ1) is 15.0. The fourth-order valence-electron chi connectivity index (χ4n) is 2.36. The van der Waals surface area contributed by atoms with Gasteiger partial charge in [-0.05, 0) is 35.6 Å². The van der Waals surface area contributed by atoms with Gasteiger partial charge in [-0.25, -0.2) is 0 Å². The van der Waals surface area contributed by atoms with E-state index in [-0.39, 0.29) is 0 Å². The average Bonchev–Trinajstić information content (AvgIpc) is 2.47. The predicted molar refractivity (Wildman–Crippen MR) is 88.7 cm³/mol. The molecular weight excluding hydrogens is 258 g/mol. The van der Waals surface area contributed by atoms with Crippen LogP contribution in [-0.4, -0.2) is 19.1 Å². The Kier molecular flexibility index (Phi) is 4.88. The molecule has 21 heavy (non-hydrogen) atoms. The molecule has 0 radical (unpaired) electrons. The van der Waals surface area contributed by atoms with Gasteiger partial charge >= 0.3 is 0 Å². The molecule has 0 spiro atoms. The van der Waals surface area contributed by atoms with Crippen molar-refractivity contribution in [3.63, 3.8) is 0 Å². The summed E-state index contributed by atoms with van der Waals surface area (Å²) in [5.41, 5.74) is 5.49. The van der Waals surface area contributed by atoms with Gasteiger partial charge in [-0.3, -0.25) is 5.01 Å². The summed E-state index contributed by atoms with van der Waals surface area (Å²) in [6, 6.07) is 8.39. The van der Waals surface area contributed by atoms with Crippen molar-refractivity contribution in [3.05, 3.63) is 77.5 Å². The van der Waals surface area contributed by atoms with Gasteiger partial charge in [0.1, 0.15) is 0 Å². The molecule has 1 aromatic carbocycles. The van der Waals surface area contributed by atoms with Gasteiger partial charge < -0.3 is 0 Å². The van der Waals surface area contributed by atoms with Crippen LogP contribution in [-0.2, 0) is 6.42 Å². The van der Waals surface area contributed by atoms with Gasteiger partial charge in [-0.2, -0.15) is 0 Å². The van der Waals surface area contributed by atoms with Crippen molar-refractivity contribution in [3.8, 4) is 0 Å². The Morgan fingerprint density at radius 2 is 1.86 bits per heavy atom. The molecule has 1 aromatic rings. The summed E-state index contributed by atoms with van der Waals surface area (Å²) in [6.07, 6.45) is 7.72. The van der Waals surface area contributed by atoms with Crippen molar-refractivity contribution in [2.45, 2.75) is 12.8 Å². The van der Waals surface area contributed by atoms with Gasteiger partial charge in [0.25, 0.3) is 0 Å². The normalized spacial score (nSPS) is 21.0. The van der Waals surface area contributed by atoms with E-state index in [4.69, 9.17) is 0 Å². The summed E-state index contributed by atoms with van der Waals surface area (Å²) in [6.45, 7) is 7.85. The molecule has 0 aliphatic heterocycles. The molecule has 3 heteroatoms. The Labute approximate surface area is 126 Å². The van der Waals surface area contributed by atoms with Crippen molar-refractivity contribution in [1.29, 1.82) is 0 Å². The van der Waals surface area contributed by atoms with E-state index < -0.39 is 0 Å². The summed E-state index contributed by atoms with van der Waals surface area (Å²) < 4.78 is 0. The highest BCUT2D eigenvalue weighted by Crippen LogP contribution is 2.29. The third-order valence-corrected chi connectivity index (χ3v) is 3.41. The smallest absolute Gasteiger partial charge is 0.0955 e. The molecule has 0 saturated carbocycles. The molecule has 108 valence electrons. The summed E-state index contributed by atoms with van der Waals surface area (Å²) in [5.74, 6) is 0. The second kappa shape index (κ2) is 6.84. The lowest BCUT2D eigenvalue weighted by atomic mass is 9.91. The van der Waals surface area contributed by atoms with Crippen LogP contribution in [0.2, 0.25) is 0 Å². The van der Waals surface area contributed by atoms with E-state index >= 15 is 0 Å². The Morgan fingerprint density at radius 3 is 2.52 bits per heavy atom. The highest BCUT2D eigenvalue weighted by molar-refractivity contribution is 5.65. The minimum atomic E-state index is 0.820. The Morgan fingerprint density at radius 1 is 1.10 bits per heavy atom. The number of benzene rings is 1. The number of rotatable bonds is 4. The van der Waals surface area contributed by atoms with E-state index in [1.807, 2.05) is 32.3 Å². The maximum absolute atomic E-state index is 4.37. The van der Waals surface area contributed by atoms with Crippen molar-refractivity contribution in [2.75, 3.05) is 14.1 Å². The number of fused-ring (bicyclic) bond motifs is 1. The van der Waals surface area contributed by atoms with Gasteiger partial charge in [-0.15, -0.1) is 5.11 Å². The highest BCUT2D eigenvalue weighted by Gasteiger charge is 2.13. The van der Waals surface area contributed by atoms with Gasteiger partial charge in [0, 0.05) is 19.7 Å². The number of hydrogen-bond donors (Lipinski definition) is 0. The first-order valence-corrected chi connectivity index (χ1v) is 7.02. The first-order chi connectivity index (χ1) is 10.2. The molecule has 1 aliphatic rings. The fraction of sp³-hybridized carbons (Fsp3) is 0.222. The number of hydrogen-bond acceptors (Lipinski definition) is 2. The monoisotopic (exact) mass is 279 g/mol. The van der Waals surface area contributed by atoms with E-state index in [9.17, 15) is 0 Å². The van der Waals surface area contributed by atoms with E-state index in [0.29, 0.717) is 0 Å². The van der Waals surface area contributed by atoms with Gasteiger partial charge in [0.05, 0.1) is 5.70 Å².